The van der Waals surface area contributed by atoms with Crippen molar-refractivity contribution in [2.24, 2.45) is 23.5 Å². The number of rotatable bonds is 4. The number of aliphatic carboxylic acids is 1. The van der Waals surface area contributed by atoms with Crippen molar-refractivity contribution in [3.8, 4) is 0 Å². The van der Waals surface area contributed by atoms with Crippen molar-refractivity contribution in [3.63, 3.8) is 0 Å². The molecule has 0 saturated heterocycles. The van der Waals surface area contributed by atoms with Crippen molar-refractivity contribution in [1.29, 1.82) is 5.41 Å². The highest BCUT2D eigenvalue weighted by molar-refractivity contribution is 5.74. The molecule has 0 spiro atoms. The molecule has 124 valence electrons. The normalized spacial score (nSPS) is 29.7. The minimum absolute atomic E-state index is 0.00377. The summed E-state index contributed by atoms with van der Waals surface area (Å²) in [6.07, 6.45) is 4.54. The molecule has 5 nitrogen and oxygen atoms in total. The van der Waals surface area contributed by atoms with E-state index < -0.39 is 5.97 Å². The Hall–Kier alpha value is -2.04. The second-order valence-electron chi connectivity index (χ2n) is 6.91. The zero-order chi connectivity index (χ0) is 16.4. The minimum Gasteiger partial charge on any atom is -0.481 e. The molecule has 1 aromatic carbocycles. The van der Waals surface area contributed by atoms with Gasteiger partial charge in [-0.05, 0) is 61.0 Å². The van der Waals surface area contributed by atoms with Crippen molar-refractivity contribution in [2.45, 2.75) is 38.0 Å². The summed E-state index contributed by atoms with van der Waals surface area (Å²) in [7, 11) is 0. The maximum atomic E-state index is 11.5. The third kappa shape index (κ3) is 3.33. The smallest absolute Gasteiger partial charge is 0.306 e. The number of carbonyl (C=O) groups is 1. The summed E-state index contributed by atoms with van der Waals surface area (Å²) in [6.45, 7) is 0.672. The van der Waals surface area contributed by atoms with Crippen LogP contribution >= 0.6 is 0 Å². The van der Waals surface area contributed by atoms with E-state index in [9.17, 15) is 9.90 Å². The number of benzene rings is 1. The third-order valence-electron chi connectivity index (χ3n) is 5.65. The lowest BCUT2D eigenvalue weighted by molar-refractivity contribution is -0.144. The summed E-state index contributed by atoms with van der Waals surface area (Å²) in [5, 5.41) is 19.8. The van der Waals surface area contributed by atoms with E-state index in [1.165, 1.54) is 11.1 Å². The molecular weight excluding hydrogens is 290 g/mol. The molecule has 0 radical (unpaired) electrons. The molecule has 23 heavy (non-hydrogen) atoms. The van der Waals surface area contributed by atoms with Crippen LogP contribution in [-0.4, -0.2) is 23.6 Å². The van der Waals surface area contributed by atoms with Crippen LogP contribution in [0.25, 0.3) is 0 Å². The molecule has 2 aliphatic rings. The highest BCUT2D eigenvalue weighted by atomic mass is 16.4. The van der Waals surface area contributed by atoms with Crippen LogP contribution in [0.2, 0.25) is 0 Å². The summed E-state index contributed by atoms with van der Waals surface area (Å²) >= 11 is 0. The van der Waals surface area contributed by atoms with E-state index in [0.29, 0.717) is 24.3 Å². The van der Waals surface area contributed by atoms with Gasteiger partial charge in [-0.15, -0.1) is 0 Å². The number of nitrogens with one attached hydrogen (secondary N) is 2. The van der Waals surface area contributed by atoms with Gasteiger partial charge in [-0.25, -0.2) is 0 Å². The van der Waals surface area contributed by atoms with Crippen molar-refractivity contribution in [3.05, 3.63) is 35.4 Å². The fraction of sp³-hybridized carbons (Fsp3) is 0.556. The summed E-state index contributed by atoms with van der Waals surface area (Å²) < 4.78 is 0. The fourth-order valence-corrected chi connectivity index (χ4v) is 4.51. The number of hydrogen-bond acceptors (Lipinski definition) is 2. The summed E-state index contributed by atoms with van der Waals surface area (Å²) in [4.78, 5) is 11.5. The SMILES string of the molecule is N=C(N)NCC1CCC(C(=O)O)CC1C1CCc2ccccc21. The summed E-state index contributed by atoms with van der Waals surface area (Å²) in [6, 6.07) is 8.55. The largest absolute Gasteiger partial charge is 0.481 e. The fourth-order valence-electron chi connectivity index (χ4n) is 4.51. The van der Waals surface area contributed by atoms with Gasteiger partial charge >= 0.3 is 5.97 Å². The van der Waals surface area contributed by atoms with E-state index in [4.69, 9.17) is 11.1 Å². The second kappa shape index (κ2) is 6.60. The molecule has 1 fully saturated rings. The Bertz CT molecular complexity index is 602. The van der Waals surface area contributed by atoms with E-state index >= 15 is 0 Å². The molecule has 0 heterocycles. The van der Waals surface area contributed by atoms with Gasteiger partial charge in [-0.2, -0.15) is 0 Å². The van der Waals surface area contributed by atoms with Gasteiger partial charge in [0.1, 0.15) is 0 Å². The molecule has 4 atom stereocenters. The van der Waals surface area contributed by atoms with Crippen molar-refractivity contribution in [2.75, 3.05) is 6.54 Å². The summed E-state index contributed by atoms with van der Waals surface area (Å²) in [5.74, 6) is 0.259. The number of hydrogen-bond donors (Lipinski definition) is 4. The molecule has 0 aromatic heterocycles. The standard InChI is InChI=1S/C18H25N3O2/c19-18(20)21-10-13-6-5-12(17(22)23)9-16(13)15-8-7-11-3-1-2-4-14(11)15/h1-4,12-13,15-16H,5-10H2,(H,22,23)(H4,19,20,21). The van der Waals surface area contributed by atoms with Crippen LogP contribution in [0.3, 0.4) is 0 Å². The van der Waals surface area contributed by atoms with Crippen LogP contribution in [0.15, 0.2) is 24.3 Å². The van der Waals surface area contributed by atoms with Gasteiger partial charge in [0.05, 0.1) is 5.92 Å². The molecule has 0 amide bonds. The molecule has 5 N–H and O–H groups in total. The lowest BCUT2D eigenvalue weighted by atomic mass is 9.67. The first-order valence-corrected chi connectivity index (χ1v) is 8.44. The van der Waals surface area contributed by atoms with Gasteiger partial charge in [0.25, 0.3) is 0 Å². The average molecular weight is 315 g/mol. The number of nitrogens with two attached hydrogens (primary N) is 1. The van der Waals surface area contributed by atoms with E-state index in [0.717, 1.165) is 32.1 Å². The Morgan fingerprint density at radius 3 is 2.83 bits per heavy atom. The topological polar surface area (TPSA) is 99.2 Å². The zero-order valence-corrected chi connectivity index (χ0v) is 13.3. The quantitative estimate of drug-likeness (QED) is 0.506. The maximum Gasteiger partial charge on any atom is 0.306 e. The van der Waals surface area contributed by atoms with Crippen molar-refractivity contribution in [1.82, 2.24) is 5.32 Å². The minimum atomic E-state index is -0.667. The molecule has 0 aliphatic heterocycles. The maximum absolute atomic E-state index is 11.5. The zero-order valence-electron chi connectivity index (χ0n) is 13.3. The Balaban J connectivity index is 1.81. The Morgan fingerprint density at radius 1 is 1.30 bits per heavy atom. The first-order valence-electron chi connectivity index (χ1n) is 8.44. The molecule has 0 bridgehead atoms. The molecule has 1 saturated carbocycles. The molecular formula is C18H25N3O2. The molecule has 5 heteroatoms. The van der Waals surface area contributed by atoms with E-state index in [1.807, 2.05) is 0 Å². The third-order valence-corrected chi connectivity index (χ3v) is 5.65. The predicted molar refractivity (Wildman–Crippen MR) is 89.4 cm³/mol. The Morgan fingerprint density at radius 2 is 2.09 bits per heavy atom. The lowest BCUT2D eigenvalue weighted by Crippen LogP contribution is -2.41. The average Bonchev–Trinajstić information content (AvgIpc) is 2.96. The number of carboxylic acid groups (broad SMARTS) is 1. The van der Waals surface area contributed by atoms with Crippen LogP contribution in [-0.2, 0) is 11.2 Å². The van der Waals surface area contributed by atoms with Crippen molar-refractivity contribution >= 4 is 11.9 Å². The molecule has 1 aromatic rings. The van der Waals surface area contributed by atoms with Gasteiger partial charge < -0.3 is 16.2 Å². The molecule has 3 rings (SSSR count). The highest BCUT2D eigenvalue weighted by Gasteiger charge is 2.40. The van der Waals surface area contributed by atoms with Gasteiger partial charge in [0.15, 0.2) is 5.96 Å². The van der Waals surface area contributed by atoms with Crippen LogP contribution < -0.4 is 11.1 Å². The first-order chi connectivity index (χ1) is 11.1. The van der Waals surface area contributed by atoms with Crippen molar-refractivity contribution < 1.29 is 9.90 Å². The van der Waals surface area contributed by atoms with E-state index in [1.54, 1.807) is 0 Å². The van der Waals surface area contributed by atoms with Gasteiger partial charge in [0.2, 0.25) is 0 Å². The molecule has 4 unspecified atom stereocenters. The van der Waals surface area contributed by atoms with Crippen LogP contribution in [0.1, 0.15) is 42.7 Å². The predicted octanol–water partition coefficient (Wildman–Crippen LogP) is 2.32. The van der Waals surface area contributed by atoms with E-state index in [-0.39, 0.29) is 11.9 Å². The van der Waals surface area contributed by atoms with Crippen LogP contribution in [0.5, 0.6) is 0 Å². The molecule has 2 aliphatic carbocycles. The number of carboxylic acids is 1. The van der Waals surface area contributed by atoms with Crippen LogP contribution in [0.4, 0.5) is 0 Å². The Labute approximate surface area is 136 Å². The van der Waals surface area contributed by atoms with Crippen LogP contribution in [0, 0.1) is 23.2 Å². The Kier molecular flexibility index (Phi) is 4.55. The summed E-state index contributed by atoms with van der Waals surface area (Å²) in [5.41, 5.74) is 8.25. The first kappa shape index (κ1) is 15.8. The monoisotopic (exact) mass is 315 g/mol. The highest BCUT2D eigenvalue weighted by Crippen LogP contribution is 2.47. The van der Waals surface area contributed by atoms with Gasteiger partial charge in [-0.3, -0.25) is 10.2 Å². The number of aryl methyl sites for hydroxylation is 1. The number of guanidine groups is 1. The number of fused-ring (bicyclic) bond motifs is 1. The second-order valence-corrected chi connectivity index (χ2v) is 6.91. The van der Waals surface area contributed by atoms with Gasteiger partial charge in [-0.1, -0.05) is 24.3 Å². The lowest BCUT2D eigenvalue weighted by Gasteiger charge is -2.38. The van der Waals surface area contributed by atoms with E-state index in [2.05, 4.69) is 29.6 Å². The van der Waals surface area contributed by atoms with Gasteiger partial charge in [0, 0.05) is 6.54 Å².